The summed E-state index contributed by atoms with van der Waals surface area (Å²) in [5.74, 6) is 0. The van der Waals surface area contributed by atoms with E-state index in [4.69, 9.17) is 4.74 Å². The van der Waals surface area contributed by atoms with Crippen LogP contribution in [0.1, 0.15) is 72.1 Å². The van der Waals surface area contributed by atoms with E-state index in [1.54, 1.807) is 0 Å². The minimum Gasteiger partial charge on any atom is -0.382 e. The molecule has 0 saturated carbocycles. The van der Waals surface area contributed by atoms with Crippen molar-refractivity contribution < 1.29 is 4.74 Å². The molecule has 1 aromatic carbocycles. The van der Waals surface area contributed by atoms with Crippen molar-refractivity contribution in [1.82, 2.24) is 4.90 Å². The van der Waals surface area contributed by atoms with E-state index in [9.17, 15) is 0 Å². The Labute approximate surface area is 180 Å². The topological polar surface area (TPSA) is 36.5 Å². The molecule has 0 radical (unpaired) electrons. The molecule has 2 N–H and O–H groups in total. The van der Waals surface area contributed by atoms with Crippen molar-refractivity contribution in [2.45, 2.75) is 72.1 Å². The third kappa shape index (κ3) is 13.2. The molecule has 0 atom stereocenters. The maximum atomic E-state index is 5.77. The van der Waals surface area contributed by atoms with Crippen LogP contribution in [0.3, 0.4) is 0 Å². The van der Waals surface area contributed by atoms with Crippen LogP contribution in [0.4, 0.5) is 11.4 Å². The number of para-hydroxylation sites is 2. The molecule has 0 aliphatic heterocycles. The van der Waals surface area contributed by atoms with Crippen molar-refractivity contribution >= 4 is 23.8 Å². The predicted octanol–water partition coefficient (Wildman–Crippen LogP) is 6.39. The Morgan fingerprint density at radius 3 is 1.96 bits per heavy atom. The maximum absolute atomic E-state index is 5.77. The lowest BCUT2D eigenvalue weighted by atomic mass is 10.1. The second-order valence-electron chi connectivity index (χ2n) is 7.20. The van der Waals surface area contributed by atoms with Crippen molar-refractivity contribution in [3.8, 4) is 0 Å². The second kappa shape index (κ2) is 19.4. The first-order chi connectivity index (χ1) is 13.3. The van der Waals surface area contributed by atoms with E-state index < -0.39 is 0 Å². The lowest BCUT2D eigenvalue weighted by Gasteiger charge is -2.19. The number of nitrogens with one attached hydrogen (secondary N) is 2. The van der Waals surface area contributed by atoms with Crippen LogP contribution in [0.25, 0.3) is 0 Å². The predicted molar refractivity (Wildman–Crippen MR) is 127 cm³/mol. The fourth-order valence-electron chi connectivity index (χ4n) is 3.22. The highest BCUT2D eigenvalue weighted by Gasteiger charge is 2.02. The standard InChI is InChI=1S/C23H43N3O.ClH/c1-4-7-8-9-10-11-12-15-20-27-21-25-23-17-14-13-16-22(23)24-18-19-26(5-2)6-3;/h13-14,16-17,24-25H,4-12,15,18-21H2,1-3H3;1H. The quantitative estimate of drug-likeness (QED) is 0.216. The smallest absolute Gasteiger partial charge is 0.116 e. The highest BCUT2D eigenvalue weighted by Crippen LogP contribution is 2.20. The van der Waals surface area contributed by atoms with Crippen molar-refractivity contribution in [1.29, 1.82) is 0 Å². The summed E-state index contributed by atoms with van der Waals surface area (Å²) in [5.41, 5.74) is 2.27. The first kappa shape index (κ1) is 27.0. The minimum atomic E-state index is 0. The van der Waals surface area contributed by atoms with Gasteiger partial charge in [-0.1, -0.05) is 77.8 Å². The number of benzene rings is 1. The van der Waals surface area contributed by atoms with Gasteiger partial charge >= 0.3 is 0 Å². The largest absolute Gasteiger partial charge is 0.382 e. The molecule has 28 heavy (non-hydrogen) atoms. The first-order valence-electron chi connectivity index (χ1n) is 11.2. The number of ether oxygens (including phenoxy) is 1. The Kier molecular flexibility index (Phi) is 18.7. The molecule has 0 aliphatic carbocycles. The Hall–Kier alpha value is -0.970. The van der Waals surface area contributed by atoms with Gasteiger partial charge in [0.15, 0.2) is 0 Å². The van der Waals surface area contributed by atoms with Gasteiger partial charge in [0, 0.05) is 19.7 Å². The van der Waals surface area contributed by atoms with Gasteiger partial charge in [-0.25, -0.2) is 0 Å². The highest BCUT2D eigenvalue weighted by molar-refractivity contribution is 5.85. The molecule has 0 amide bonds. The molecule has 0 aromatic heterocycles. The number of likely N-dealkylation sites (N-methyl/N-ethyl adjacent to an activating group) is 1. The molecule has 4 nitrogen and oxygen atoms in total. The highest BCUT2D eigenvalue weighted by atomic mass is 35.5. The van der Waals surface area contributed by atoms with E-state index in [-0.39, 0.29) is 12.4 Å². The molecule has 164 valence electrons. The molecule has 0 bridgehead atoms. The van der Waals surface area contributed by atoms with Crippen LogP contribution >= 0.6 is 12.4 Å². The Balaban J connectivity index is 0.00000729. The summed E-state index contributed by atoms with van der Waals surface area (Å²) < 4.78 is 5.77. The number of rotatable bonds is 18. The average Bonchev–Trinajstić information content (AvgIpc) is 2.70. The molecular formula is C23H44ClN3O. The third-order valence-electron chi connectivity index (χ3n) is 5.07. The van der Waals surface area contributed by atoms with Crippen LogP contribution in [-0.2, 0) is 4.74 Å². The van der Waals surface area contributed by atoms with Gasteiger partial charge in [0.1, 0.15) is 6.73 Å². The number of hydrogen-bond acceptors (Lipinski definition) is 4. The van der Waals surface area contributed by atoms with E-state index in [0.29, 0.717) is 6.73 Å². The zero-order chi connectivity index (χ0) is 19.6. The molecule has 0 saturated heterocycles. The van der Waals surface area contributed by atoms with E-state index in [1.165, 1.54) is 51.4 Å². The SMILES string of the molecule is CCCCCCCCCCOCNc1ccccc1NCCN(CC)CC.Cl. The van der Waals surface area contributed by atoms with Crippen LogP contribution < -0.4 is 10.6 Å². The van der Waals surface area contributed by atoms with Crippen molar-refractivity contribution in [3.05, 3.63) is 24.3 Å². The summed E-state index contributed by atoms with van der Waals surface area (Å²) in [7, 11) is 0. The summed E-state index contributed by atoms with van der Waals surface area (Å²) in [6.07, 6.45) is 10.7. The van der Waals surface area contributed by atoms with Crippen LogP contribution in [0.15, 0.2) is 24.3 Å². The molecule has 0 spiro atoms. The van der Waals surface area contributed by atoms with Gasteiger partial charge in [0.2, 0.25) is 0 Å². The third-order valence-corrected chi connectivity index (χ3v) is 5.07. The molecule has 1 aromatic rings. The van der Waals surface area contributed by atoms with Crippen LogP contribution in [-0.4, -0.2) is 44.4 Å². The number of nitrogens with zero attached hydrogens (tertiary/aromatic N) is 1. The zero-order valence-electron chi connectivity index (χ0n) is 18.5. The fraction of sp³-hybridized carbons (Fsp3) is 0.739. The van der Waals surface area contributed by atoms with E-state index in [2.05, 4.69) is 60.6 Å². The maximum Gasteiger partial charge on any atom is 0.116 e. The van der Waals surface area contributed by atoms with Gasteiger partial charge in [-0.15, -0.1) is 12.4 Å². The van der Waals surface area contributed by atoms with Gasteiger partial charge in [-0.2, -0.15) is 0 Å². The summed E-state index contributed by atoms with van der Waals surface area (Å²) >= 11 is 0. The molecular weight excluding hydrogens is 370 g/mol. The monoisotopic (exact) mass is 413 g/mol. The molecule has 5 heteroatoms. The summed E-state index contributed by atoms with van der Waals surface area (Å²) in [6, 6.07) is 8.38. The van der Waals surface area contributed by atoms with Gasteiger partial charge in [-0.3, -0.25) is 0 Å². The number of anilines is 2. The summed E-state index contributed by atoms with van der Waals surface area (Å²) in [4.78, 5) is 2.43. The van der Waals surface area contributed by atoms with Crippen molar-refractivity contribution in [2.24, 2.45) is 0 Å². The average molecular weight is 414 g/mol. The first-order valence-corrected chi connectivity index (χ1v) is 11.2. The number of halogens is 1. The molecule has 0 heterocycles. The van der Waals surface area contributed by atoms with Crippen LogP contribution in [0, 0.1) is 0 Å². The lowest BCUT2D eigenvalue weighted by Crippen LogP contribution is -2.28. The number of unbranched alkanes of at least 4 members (excludes halogenated alkanes) is 7. The van der Waals surface area contributed by atoms with E-state index in [1.807, 2.05) is 0 Å². The second-order valence-corrected chi connectivity index (χ2v) is 7.20. The summed E-state index contributed by atoms with van der Waals surface area (Å²) in [5, 5.41) is 6.95. The van der Waals surface area contributed by atoms with Crippen LogP contribution in [0.5, 0.6) is 0 Å². The molecule has 0 aliphatic rings. The molecule has 1 rings (SSSR count). The van der Waals surface area contributed by atoms with Gasteiger partial charge < -0.3 is 20.3 Å². The van der Waals surface area contributed by atoms with Crippen LogP contribution in [0.2, 0.25) is 0 Å². The Bertz CT molecular complexity index is 455. The molecule has 0 fully saturated rings. The molecule has 0 unspecified atom stereocenters. The van der Waals surface area contributed by atoms with Gasteiger partial charge in [0.25, 0.3) is 0 Å². The van der Waals surface area contributed by atoms with Gasteiger partial charge in [0.05, 0.1) is 11.4 Å². The van der Waals surface area contributed by atoms with Crippen molar-refractivity contribution in [2.75, 3.05) is 50.2 Å². The van der Waals surface area contributed by atoms with Gasteiger partial charge in [-0.05, 0) is 31.6 Å². The normalized spacial score (nSPS) is 10.7. The minimum absolute atomic E-state index is 0. The number of hydrogen-bond donors (Lipinski definition) is 2. The fourth-order valence-corrected chi connectivity index (χ4v) is 3.22. The van der Waals surface area contributed by atoms with E-state index >= 15 is 0 Å². The zero-order valence-corrected chi connectivity index (χ0v) is 19.3. The van der Waals surface area contributed by atoms with Crippen molar-refractivity contribution in [3.63, 3.8) is 0 Å². The van der Waals surface area contributed by atoms with E-state index in [0.717, 1.165) is 44.2 Å². The Morgan fingerprint density at radius 2 is 1.36 bits per heavy atom. The Morgan fingerprint density at radius 1 is 0.786 bits per heavy atom. The lowest BCUT2D eigenvalue weighted by molar-refractivity contribution is 0.147. The summed E-state index contributed by atoms with van der Waals surface area (Å²) in [6.45, 7) is 12.3.